The van der Waals surface area contributed by atoms with Crippen LogP contribution < -0.4 is 0 Å². The fourth-order valence-corrected chi connectivity index (χ4v) is 6.39. The Balaban J connectivity index is 1.45. The Morgan fingerprint density at radius 3 is 2.17 bits per heavy atom. The normalized spacial score (nSPS) is 29.4. The number of sulfonamides is 1. The summed E-state index contributed by atoms with van der Waals surface area (Å²) >= 11 is 0. The first-order valence-electron chi connectivity index (χ1n) is 9.97. The van der Waals surface area contributed by atoms with Gasteiger partial charge in [-0.3, -0.25) is 9.59 Å². The largest absolute Gasteiger partial charge is 0.481 e. The van der Waals surface area contributed by atoms with Gasteiger partial charge in [0.1, 0.15) is 0 Å². The Kier molecular flexibility index (Phi) is 5.02. The quantitative estimate of drug-likeness (QED) is 0.751. The lowest BCUT2D eigenvalue weighted by molar-refractivity contribution is -0.151. The van der Waals surface area contributed by atoms with Gasteiger partial charge in [0.2, 0.25) is 15.9 Å². The first-order chi connectivity index (χ1) is 13.7. The number of hydrogen-bond donors (Lipinski definition) is 1. The third-order valence-corrected chi connectivity index (χ3v) is 8.59. The molecule has 7 nitrogen and oxygen atoms in total. The molecule has 1 N–H and O–H groups in total. The van der Waals surface area contributed by atoms with Crippen LogP contribution in [0, 0.1) is 37.5 Å². The maximum Gasteiger partial charge on any atom is 0.307 e. The van der Waals surface area contributed by atoms with E-state index < -0.39 is 27.8 Å². The minimum Gasteiger partial charge on any atom is -0.481 e. The molecule has 1 amide bonds. The van der Waals surface area contributed by atoms with Crippen LogP contribution in [0.25, 0.3) is 0 Å². The molecule has 2 fully saturated rings. The van der Waals surface area contributed by atoms with Crippen molar-refractivity contribution in [3.8, 4) is 0 Å². The zero-order valence-electron chi connectivity index (χ0n) is 16.6. The molecule has 0 radical (unpaired) electrons. The highest BCUT2D eigenvalue weighted by molar-refractivity contribution is 7.89. The molecule has 2 bridgehead atoms. The molecule has 8 heteroatoms. The van der Waals surface area contributed by atoms with Gasteiger partial charge in [0, 0.05) is 26.2 Å². The molecule has 1 saturated heterocycles. The van der Waals surface area contributed by atoms with Crippen LogP contribution in [0.1, 0.15) is 17.5 Å². The van der Waals surface area contributed by atoms with E-state index in [1.165, 1.54) is 4.31 Å². The van der Waals surface area contributed by atoms with Crippen molar-refractivity contribution in [1.29, 1.82) is 0 Å². The molecular formula is C21H26N2O5S. The molecule has 4 unspecified atom stereocenters. The van der Waals surface area contributed by atoms with Gasteiger partial charge in [-0.25, -0.2) is 8.42 Å². The standard InChI is InChI=1S/C21H26N2O5S/c1-13-3-6-17(11-14(13)2)29(27,28)23-9-7-22(8-10-23)20(24)18-15-4-5-16(12-15)19(18)21(25)26/h3-6,11,15-16,18-19H,7-10,12H2,1-2H3,(H,25,26). The van der Waals surface area contributed by atoms with Crippen molar-refractivity contribution < 1.29 is 23.1 Å². The predicted octanol–water partition coefficient (Wildman–Crippen LogP) is 1.66. The number of carbonyl (C=O) groups excluding carboxylic acids is 1. The Bertz CT molecular complexity index is 979. The van der Waals surface area contributed by atoms with E-state index >= 15 is 0 Å². The topological polar surface area (TPSA) is 95.0 Å². The number of hydrogen-bond acceptors (Lipinski definition) is 4. The van der Waals surface area contributed by atoms with Gasteiger partial charge in [0.15, 0.2) is 0 Å². The van der Waals surface area contributed by atoms with Gasteiger partial charge in [0.25, 0.3) is 0 Å². The average molecular weight is 419 g/mol. The average Bonchev–Trinajstić information content (AvgIpc) is 3.31. The first-order valence-corrected chi connectivity index (χ1v) is 11.4. The summed E-state index contributed by atoms with van der Waals surface area (Å²) in [7, 11) is -3.61. The Labute approximate surface area is 171 Å². The molecule has 1 heterocycles. The summed E-state index contributed by atoms with van der Waals surface area (Å²) in [5.74, 6) is -2.38. The summed E-state index contributed by atoms with van der Waals surface area (Å²) in [5, 5.41) is 9.58. The van der Waals surface area contributed by atoms with Crippen molar-refractivity contribution in [2.24, 2.45) is 23.7 Å². The number of allylic oxidation sites excluding steroid dienone is 2. The van der Waals surface area contributed by atoms with Crippen LogP contribution in [0.5, 0.6) is 0 Å². The van der Waals surface area contributed by atoms with Crippen molar-refractivity contribution in [3.05, 3.63) is 41.5 Å². The van der Waals surface area contributed by atoms with Crippen LogP contribution in [0.4, 0.5) is 0 Å². The molecule has 0 aromatic heterocycles. The minimum atomic E-state index is -3.61. The summed E-state index contributed by atoms with van der Waals surface area (Å²) < 4.78 is 27.3. The number of fused-ring (bicyclic) bond motifs is 2. The van der Waals surface area contributed by atoms with Crippen LogP contribution in [-0.4, -0.2) is 60.8 Å². The predicted molar refractivity (Wildman–Crippen MR) is 107 cm³/mol. The van der Waals surface area contributed by atoms with Gasteiger partial charge in [-0.05, 0) is 55.4 Å². The molecule has 1 saturated carbocycles. The highest BCUT2D eigenvalue weighted by atomic mass is 32.2. The molecule has 0 spiro atoms. The number of carboxylic acid groups (broad SMARTS) is 1. The lowest BCUT2D eigenvalue weighted by atomic mass is 9.82. The zero-order chi connectivity index (χ0) is 20.9. The smallest absolute Gasteiger partial charge is 0.307 e. The van der Waals surface area contributed by atoms with E-state index in [0.29, 0.717) is 6.42 Å². The molecule has 1 aromatic rings. The fraction of sp³-hybridized carbons (Fsp3) is 0.524. The van der Waals surface area contributed by atoms with Crippen molar-refractivity contribution in [3.63, 3.8) is 0 Å². The maximum absolute atomic E-state index is 13.1. The van der Waals surface area contributed by atoms with Gasteiger partial charge >= 0.3 is 5.97 Å². The third kappa shape index (κ3) is 3.38. The number of carboxylic acids is 1. The second kappa shape index (κ2) is 7.25. The second-order valence-electron chi connectivity index (χ2n) is 8.31. The van der Waals surface area contributed by atoms with Crippen molar-refractivity contribution in [1.82, 2.24) is 9.21 Å². The summed E-state index contributed by atoms with van der Waals surface area (Å²) in [6.45, 7) is 4.82. The Hall–Kier alpha value is -2.19. The summed E-state index contributed by atoms with van der Waals surface area (Å²) in [4.78, 5) is 26.7. The second-order valence-corrected chi connectivity index (χ2v) is 10.3. The summed E-state index contributed by atoms with van der Waals surface area (Å²) in [5.41, 5.74) is 1.95. The number of amides is 1. The summed E-state index contributed by atoms with van der Waals surface area (Å²) in [6, 6.07) is 5.10. The zero-order valence-corrected chi connectivity index (χ0v) is 17.4. The van der Waals surface area contributed by atoms with E-state index in [2.05, 4.69) is 0 Å². The lowest BCUT2D eigenvalue weighted by Gasteiger charge is -2.37. The summed E-state index contributed by atoms with van der Waals surface area (Å²) in [6.07, 6.45) is 4.60. The molecule has 1 aliphatic heterocycles. The number of aryl methyl sites for hydroxylation is 2. The van der Waals surface area contributed by atoms with Crippen LogP contribution in [0.15, 0.2) is 35.2 Å². The van der Waals surface area contributed by atoms with E-state index in [1.807, 2.05) is 26.0 Å². The highest BCUT2D eigenvalue weighted by Gasteiger charge is 2.52. The van der Waals surface area contributed by atoms with E-state index in [4.69, 9.17) is 0 Å². The highest BCUT2D eigenvalue weighted by Crippen LogP contribution is 2.48. The lowest BCUT2D eigenvalue weighted by Crippen LogP contribution is -2.53. The Morgan fingerprint density at radius 1 is 0.966 bits per heavy atom. The number of piperazine rings is 1. The number of carbonyl (C=O) groups is 2. The van der Waals surface area contributed by atoms with E-state index in [9.17, 15) is 23.1 Å². The molecule has 4 rings (SSSR count). The molecule has 2 aliphatic carbocycles. The van der Waals surface area contributed by atoms with Gasteiger partial charge in [0.05, 0.1) is 16.7 Å². The van der Waals surface area contributed by atoms with Crippen LogP contribution in [0.3, 0.4) is 0 Å². The van der Waals surface area contributed by atoms with E-state index in [1.54, 1.807) is 23.1 Å². The van der Waals surface area contributed by atoms with E-state index in [-0.39, 0.29) is 48.8 Å². The monoisotopic (exact) mass is 418 g/mol. The van der Waals surface area contributed by atoms with Gasteiger partial charge in [-0.2, -0.15) is 4.31 Å². The number of benzene rings is 1. The maximum atomic E-state index is 13.1. The van der Waals surface area contributed by atoms with Crippen LogP contribution >= 0.6 is 0 Å². The molecule has 156 valence electrons. The Morgan fingerprint density at radius 2 is 1.59 bits per heavy atom. The fourth-order valence-electron chi connectivity index (χ4n) is 4.88. The number of nitrogens with zero attached hydrogens (tertiary/aromatic N) is 2. The van der Waals surface area contributed by atoms with Gasteiger partial charge < -0.3 is 10.0 Å². The molecule has 3 aliphatic rings. The first kappa shape index (κ1) is 20.1. The van der Waals surface area contributed by atoms with E-state index in [0.717, 1.165) is 11.1 Å². The number of aliphatic carboxylic acids is 1. The SMILES string of the molecule is Cc1ccc(S(=O)(=O)N2CCN(C(=O)C3C4C=CC(C4)C3C(=O)O)CC2)cc1C. The molecular weight excluding hydrogens is 392 g/mol. The van der Waals surface area contributed by atoms with Gasteiger partial charge in [-0.1, -0.05) is 18.2 Å². The van der Waals surface area contributed by atoms with Crippen molar-refractivity contribution in [2.45, 2.75) is 25.2 Å². The van der Waals surface area contributed by atoms with Gasteiger partial charge in [-0.15, -0.1) is 0 Å². The van der Waals surface area contributed by atoms with Crippen LogP contribution in [-0.2, 0) is 19.6 Å². The van der Waals surface area contributed by atoms with Crippen molar-refractivity contribution in [2.75, 3.05) is 26.2 Å². The van der Waals surface area contributed by atoms with Crippen molar-refractivity contribution >= 4 is 21.9 Å². The third-order valence-electron chi connectivity index (χ3n) is 6.70. The molecule has 29 heavy (non-hydrogen) atoms. The molecule has 1 aromatic carbocycles. The minimum absolute atomic E-state index is 0.0223. The van der Waals surface area contributed by atoms with Crippen LogP contribution in [0.2, 0.25) is 0 Å². The molecule has 4 atom stereocenters. The number of rotatable bonds is 4.